The van der Waals surface area contributed by atoms with Gasteiger partial charge in [0.2, 0.25) is 0 Å². The molecule has 1 saturated heterocycles. The third-order valence-corrected chi connectivity index (χ3v) is 4.00. The van der Waals surface area contributed by atoms with Gasteiger partial charge < -0.3 is 14.8 Å². The molecule has 1 aliphatic heterocycles. The summed E-state index contributed by atoms with van der Waals surface area (Å²) in [5.74, 6) is 0.567. The average molecular weight is 247 g/mol. The molecule has 0 radical (unpaired) electrons. The van der Waals surface area contributed by atoms with Gasteiger partial charge in [0, 0.05) is 5.75 Å². The smallest absolute Gasteiger partial charge is 0.326 e. The van der Waals surface area contributed by atoms with Crippen LogP contribution in [0.25, 0.3) is 0 Å². The molecule has 16 heavy (non-hydrogen) atoms. The molecule has 1 N–H and O–H groups in total. The lowest BCUT2D eigenvalue weighted by Gasteiger charge is -2.32. The fraction of sp³-hybridized carbons (Fsp3) is 0.909. The lowest BCUT2D eigenvalue weighted by molar-refractivity contribution is -0.149. The van der Waals surface area contributed by atoms with Crippen molar-refractivity contribution < 1.29 is 14.3 Å². The molecular formula is C11H21NO3S. The fourth-order valence-corrected chi connectivity index (χ4v) is 2.63. The van der Waals surface area contributed by atoms with Crippen molar-refractivity contribution in [1.82, 2.24) is 5.32 Å². The van der Waals surface area contributed by atoms with Crippen molar-refractivity contribution in [2.45, 2.75) is 31.6 Å². The lowest BCUT2D eigenvalue weighted by Crippen LogP contribution is -2.53. The Bertz CT molecular complexity index is 233. The summed E-state index contributed by atoms with van der Waals surface area (Å²) >= 11 is 1.78. The zero-order valence-corrected chi connectivity index (χ0v) is 11.1. The number of hydrogen-bond acceptors (Lipinski definition) is 5. The molecule has 4 nitrogen and oxygen atoms in total. The Hall–Kier alpha value is -0.260. The van der Waals surface area contributed by atoms with Crippen molar-refractivity contribution in [2.24, 2.45) is 0 Å². The van der Waals surface area contributed by atoms with Gasteiger partial charge in [-0.2, -0.15) is 11.8 Å². The van der Waals surface area contributed by atoms with Crippen LogP contribution in [0.1, 0.15) is 20.8 Å². The topological polar surface area (TPSA) is 47.6 Å². The molecule has 1 rings (SSSR count). The number of esters is 1. The average Bonchev–Trinajstić information content (AvgIpc) is 2.16. The Labute approximate surface area is 101 Å². The molecule has 1 aliphatic rings. The first-order chi connectivity index (χ1) is 7.62. The molecule has 1 atom stereocenters. The Kier molecular flexibility index (Phi) is 5.58. The van der Waals surface area contributed by atoms with Crippen LogP contribution >= 0.6 is 11.8 Å². The monoisotopic (exact) mass is 247 g/mol. The maximum absolute atomic E-state index is 11.8. The first kappa shape index (κ1) is 13.8. The number of hydrogen-bond donors (Lipinski definition) is 1. The Morgan fingerprint density at radius 2 is 2.25 bits per heavy atom. The predicted octanol–water partition coefficient (Wildman–Crippen LogP) is 1.05. The number of likely N-dealkylation sites (N-methyl/N-ethyl adjacent to an activating group) is 1. The van der Waals surface area contributed by atoms with Gasteiger partial charge in [-0.3, -0.25) is 4.79 Å². The van der Waals surface area contributed by atoms with E-state index in [1.54, 1.807) is 11.8 Å². The van der Waals surface area contributed by atoms with Crippen molar-refractivity contribution >= 4 is 17.7 Å². The van der Waals surface area contributed by atoms with Crippen LogP contribution in [0.3, 0.4) is 0 Å². The molecule has 1 heterocycles. The lowest BCUT2D eigenvalue weighted by atomic mass is 10.1. The van der Waals surface area contributed by atoms with E-state index in [0.29, 0.717) is 11.9 Å². The van der Waals surface area contributed by atoms with E-state index in [1.165, 1.54) is 0 Å². The van der Waals surface area contributed by atoms with Gasteiger partial charge in [0.25, 0.3) is 0 Å². The highest BCUT2D eigenvalue weighted by molar-refractivity contribution is 8.00. The van der Waals surface area contributed by atoms with Crippen LogP contribution in [0.15, 0.2) is 0 Å². The predicted molar refractivity (Wildman–Crippen MR) is 65.8 cm³/mol. The van der Waals surface area contributed by atoms with Crippen LogP contribution in [-0.2, 0) is 14.3 Å². The van der Waals surface area contributed by atoms with Crippen LogP contribution in [0.2, 0.25) is 0 Å². The minimum absolute atomic E-state index is 0.162. The molecule has 94 valence electrons. The molecule has 0 amide bonds. The van der Waals surface area contributed by atoms with Crippen molar-refractivity contribution in [3.05, 3.63) is 0 Å². The van der Waals surface area contributed by atoms with E-state index in [-0.39, 0.29) is 5.97 Å². The molecule has 0 saturated carbocycles. The van der Waals surface area contributed by atoms with E-state index >= 15 is 0 Å². The highest BCUT2D eigenvalue weighted by atomic mass is 32.2. The van der Waals surface area contributed by atoms with Crippen LogP contribution in [0, 0.1) is 0 Å². The van der Waals surface area contributed by atoms with Crippen LogP contribution < -0.4 is 5.32 Å². The molecule has 0 aromatic carbocycles. The maximum Gasteiger partial charge on any atom is 0.326 e. The summed E-state index contributed by atoms with van der Waals surface area (Å²) in [5.41, 5.74) is -0.578. The molecule has 0 aliphatic carbocycles. The van der Waals surface area contributed by atoms with Crippen LogP contribution in [0.5, 0.6) is 0 Å². The second kappa shape index (κ2) is 6.47. The first-order valence-electron chi connectivity index (χ1n) is 5.74. The Morgan fingerprint density at radius 1 is 1.56 bits per heavy atom. The van der Waals surface area contributed by atoms with E-state index < -0.39 is 5.54 Å². The summed E-state index contributed by atoms with van der Waals surface area (Å²) < 4.78 is 10.2. The van der Waals surface area contributed by atoms with E-state index in [1.807, 2.05) is 20.8 Å². The highest BCUT2D eigenvalue weighted by Crippen LogP contribution is 2.24. The first-order valence-corrected chi connectivity index (χ1v) is 6.79. The molecule has 1 unspecified atom stereocenters. The van der Waals surface area contributed by atoms with Crippen molar-refractivity contribution in [3.8, 4) is 0 Å². The minimum atomic E-state index is -0.578. The molecule has 1 fully saturated rings. The van der Waals surface area contributed by atoms with Gasteiger partial charge in [-0.25, -0.2) is 0 Å². The summed E-state index contributed by atoms with van der Waals surface area (Å²) in [6, 6.07) is 0. The van der Waals surface area contributed by atoms with Gasteiger partial charge in [0.05, 0.1) is 25.1 Å². The number of thioether (sulfide) groups is 1. The number of carbonyl (C=O) groups is 1. The largest absolute Gasteiger partial charge is 0.465 e. The Balaban J connectivity index is 2.44. The Morgan fingerprint density at radius 3 is 2.69 bits per heavy atom. The van der Waals surface area contributed by atoms with E-state index in [0.717, 1.165) is 25.5 Å². The molecular weight excluding hydrogens is 226 g/mol. The van der Waals surface area contributed by atoms with Gasteiger partial charge in [-0.15, -0.1) is 0 Å². The molecule has 0 bridgehead atoms. The van der Waals surface area contributed by atoms with Gasteiger partial charge in [0.15, 0.2) is 0 Å². The van der Waals surface area contributed by atoms with Gasteiger partial charge >= 0.3 is 5.97 Å². The number of nitrogens with one attached hydrogen (secondary N) is 1. The van der Waals surface area contributed by atoms with Crippen molar-refractivity contribution in [1.29, 1.82) is 0 Å². The summed E-state index contributed by atoms with van der Waals surface area (Å²) in [7, 11) is 0. The molecule has 5 heteroatoms. The van der Waals surface area contributed by atoms with E-state index in [2.05, 4.69) is 5.32 Å². The van der Waals surface area contributed by atoms with Crippen molar-refractivity contribution in [2.75, 3.05) is 32.1 Å². The number of ether oxygens (including phenoxy) is 2. The SMILES string of the molecule is CCNC(C)(CSC1COC1)C(=O)OCC. The zero-order chi connectivity index (χ0) is 12.0. The third kappa shape index (κ3) is 3.64. The zero-order valence-electron chi connectivity index (χ0n) is 10.2. The number of carbonyl (C=O) groups excluding carboxylic acids is 1. The third-order valence-electron chi connectivity index (χ3n) is 2.51. The standard InChI is InChI=1S/C11H21NO3S/c1-4-12-11(3,10(13)15-5-2)8-16-9-6-14-7-9/h9,12H,4-8H2,1-3H3. The molecule has 0 spiro atoms. The normalized spacial score (nSPS) is 19.9. The fourth-order valence-electron chi connectivity index (χ4n) is 1.46. The second-order valence-corrected chi connectivity index (χ2v) is 5.34. The molecule has 0 aromatic rings. The highest BCUT2D eigenvalue weighted by Gasteiger charge is 2.35. The van der Waals surface area contributed by atoms with Crippen LogP contribution in [0.4, 0.5) is 0 Å². The quantitative estimate of drug-likeness (QED) is 0.681. The van der Waals surface area contributed by atoms with E-state index in [9.17, 15) is 4.79 Å². The molecule has 0 aromatic heterocycles. The second-order valence-electron chi connectivity index (χ2n) is 4.05. The number of rotatable bonds is 7. The minimum Gasteiger partial charge on any atom is -0.465 e. The van der Waals surface area contributed by atoms with Crippen molar-refractivity contribution in [3.63, 3.8) is 0 Å². The van der Waals surface area contributed by atoms with Gasteiger partial charge in [0.1, 0.15) is 5.54 Å². The summed E-state index contributed by atoms with van der Waals surface area (Å²) in [4.78, 5) is 11.8. The van der Waals surface area contributed by atoms with E-state index in [4.69, 9.17) is 9.47 Å². The summed E-state index contributed by atoms with van der Waals surface area (Å²) in [6.45, 7) is 8.52. The van der Waals surface area contributed by atoms with Gasteiger partial charge in [-0.05, 0) is 20.4 Å². The summed E-state index contributed by atoms with van der Waals surface area (Å²) in [6.07, 6.45) is 0. The maximum atomic E-state index is 11.8. The van der Waals surface area contributed by atoms with Crippen LogP contribution in [-0.4, -0.2) is 48.9 Å². The van der Waals surface area contributed by atoms with Gasteiger partial charge in [-0.1, -0.05) is 6.92 Å². The summed E-state index contributed by atoms with van der Waals surface area (Å²) in [5, 5.41) is 3.75.